The van der Waals surface area contributed by atoms with Gasteiger partial charge in [-0.2, -0.15) is 0 Å². The van der Waals surface area contributed by atoms with E-state index in [2.05, 4.69) is 31.1 Å². The maximum atomic E-state index is 12.9. The van der Waals surface area contributed by atoms with E-state index in [1.807, 2.05) is 11.9 Å². The zero-order chi connectivity index (χ0) is 16.8. The van der Waals surface area contributed by atoms with Crippen LogP contribution in [0.15, 0.2) is 29.3 Å². The number of hydrogen-bond acceptors (Lipinski definition) is 2. The van der Waals surface area contributed by atoms with Crippen molar-refractivity contribution in [3.63, 3.8) is 0 Å². The van der Waals surface area contributed by atoms with Gasteiger partial charge in [0, 0.05) is 34.3 Å². The molecule has 0 fully saturated rings. The summed E-state index contributed by atoms with van der Waals surface area (Å²) in [7, 11) is 5.43. The third kappa shape index (κ3) is 7.48. The first-order valence-corrected chi connectivity index (χ1v) is 7.47. The van der Waals surface area contributed by atoms with Crippen molar-refractivity contribution >= 4 is 29.9 Å². The number of nitrogens with zero attached hydrogens (tertiary/aromatic N) is 2. The van der Waals surface area contributed by atoms with Crippen molar-refractivity contribution < 1.29 is 9.13 Å². The average molecular weight is 437 g/mol. The van der Waals surface area contributed by atoms with E-state index in [0.29, 0.717) is 13.1 Å². The van der Waals surface area contributed by atoms with Crippen LogP contribution in [0.2, 0.25) is 0 Å². The molecule has 0 spiro atoms. The average Bonchev–Trinajstić information content (AvgIpc) is 2.44. The van der Waals surface area contributed by atoms with Gasteiger partial charge in [0.15, 0.2) is 5.96 Å². The number of methoxy groups -OCH3 is 1. The van der Waals surface area contributed by atoms with Crippen molar-refractivity contribution in [1.29, 1.82) is 0 Å². The van der Waals surface area contributed by atoms with Crippen LogP contribution in [0, 0.1) is 11.2 Å². The van der Waals surface area contributed by atoms with Gasteiger partial charge < -0.3 is 15.0 Å². The maximum absolute atomic E-state index is 12.9. The van der Waals surface area contributed by atoms with Gasteiger partial charge in [0.1, 0.15) is 5.82 Å². The molecule has 0 saturated heterocycles. The Morgan fingerprint density at radius 2 is 1.87 bits per heavy atom. The second-order valence-electron chi connectivity index (χ2n) is 6.50. The van der Waals surface area contributed by atoms with Gasteiger partial charge in [-0.3, -0.25) is 4.99 Å². The van der Waals surface area contributed by atoms with Gasteiger partial charge >= 0.3 is 0 Å². The lowest BCUT2D eigenvalue weighted by atomic mass is 9.89. The molecule has 0 aliphatic carbocycles. The smallest absolute Gasteiger partial charge is 0.193 e. The fourth-order valence-electron chi connectivity index (χ4n) is 2.25. The lowest BCUT2D eigenvalue weighted by molar-refractivity contribution is 0.0202. The van der Waals surface area contributed by atoms with Crippen molar-refractivity contribution in [1.82, 2.24) is 10.2 Å². The highest BCUT2D eigenvalue weighted by molar-refractivity contribution is 14.0. The summed E-state index contributed by atoms with van der Waals surface area (Å²) in [5, 5.41) is 3.34. The van der Waals surface area contributed by atoms with Crippen LogP contribution in [0.25, 0.3) is 0 Å². The number of nitrogens with one attached hydrogen (secondary N) is 1. The standard InChI is InChI=1S/C17H28FN3O.HI/c1-17(2,3)15(22-6)11-20-16(19-4)21(5)12-13-7-9-14(18)10-8-13;/h7-10,15H,11-12H2,1-6H3,(H,19,20);1H. The number of guanidine groups is 1. The summed E-state index contributed by atoms with van der Waals surface area (Å²) in [6.07, 6.45) is 0.0865. The number of ether oxygens (including phenoxy) is 1. The van der Waals surface area contributed by atoms with Crippen LogP contribution in [0.5, 0.6) is 0 Å². The Balaban J connectivity index is 0.00000484. The molecular formula is C17H29FIN3O. The molecule has 0 aliphatic heterocycles. The van der Waals surface area contributed by atoms with Gasteiger partial charge in [0.05, 0.1) is 6.10 Å². The third-order valence-electron chi connectivity index (χ3n) is 3.60. The number of benzene rings is 1. The highest BCUT2D eigenvalue weighted by atomic mass is 127. The second-order valence-corrected chi connectivity index (χ2v) is 6.50. The first-order valence-electron chi connectivity index (χ1n) is 7.47. The predicted molar refractivity (Wildman–Crippen MR) is 105 cm³/mol. The highest BCUT2D eigenvalue weighted by Crippen LogP contribution is 2.21. The molecule has 132 valence electrons. The lowest BCUT2D eigenvalue weighted by Gasteiger charge is -2.31. The second kappa shape index (κ2) is 10.1. The van der Waals surface area contributed by atoms with Gasteiger partial charge in [-0.1, -0.05) is 32.9 Å². The summed E-state index contributed by atoms with van der Waals surface area (Å²) in [6, 6.07) is 6.51. The van der Waals surface area contributed by atoms with E-state index in [1.165, 1.54) is 12.1 Å². The fraction of sp³-hybridized carbons (Fsp3) is 0.588. The van der Waals surface area contributed by atoms with Gasteiger partial charge in [-0.25, -0.2) is 4.39 Å². The van der Waals surface area contributed by atoms with E-state index in [4.69, 9.17) is 4.74 Å². The Morgan fingerprint density at radius 1 is 1.30 bits per heavy atom. The van der Waals surface area contributed by atoms with Crippen molar-refractivity contribution in [3.05, 3.63) is 35.6 Å². The highest BCUT2D eigenvalue weighted by Gasteiger charge is 2.24. The fourth-order valence-corrected chi connectivity index (χ4v) is 2.25. The summed E-state index contributed by atoms with van der Waals surface area (Å²) in [5.74, 6) is 0.567. The SMILES string of the molecule is CN=C(NCC(OC)C(C)(C)C)N(C)Cc1ccc(F)cc1.I. The zero-order valence-corrected chi connectivity index (χ0v) is 17.2. The molecular weight excluding hydrogens is 408 g/mol. The normalized spacial score (nSPS) is 13.3. The summed E-state index contributed by atoms with van der Waals surface area (Å²) < 4.78 is 18.5. The summed E-state index contributed by atoms with van der Waals surface area (Å²) in [4.78, 5) is 6.29. The van der Waals surface area contributed by atoms with Crippen LogP contribution in [0.4, 0.5) is 4.39 Å². The molecule has 0 bridgehead atoms. The summed E-state index contributed by atoms with van der Waals surface area (Å²) in [5.41, 5.74) is 1.09. The molecule has 1 N–H and O–H groups in total. The minimum absolute atomic E-state index is 0. The molecule has 4 nitrogen and oxygen atoms in total. The molecule has 1 aromatic carbocycles. The molecule has 6 heteroatoms. The summed E-state index contributed by atoms with van der Waals surface area (Å²) >= 11 is 0. The van der Waals surface area contributed by atoms with Crippen molar-refractivity contribution in [3.8, 4) is 0 Å². The van der Waals surface area contributed by atoms with E-state index in [-0.39, 0.29) is 41.3 Å². The quantitative estimate of drug-likeness (QED) is 0.435. The monoisotopic (exact) mass is 437 g/mol. The Morgan fingerprint density at radius 3 is 2.30 bits per heavy atom. The number of aliphatic imine (C=N–C) groups is 1. The number of hydrogen-bond donors (Lipinski definition) is 1. The predicted octanol–water partition coefficient (Wildman–Crippen LogP) is 3.51. The van der Waals surface area contributed by atoms with Crippen LogP contribution in [-0.4, -0.2) is 44.7 Å². The van der Waals surface area contributed by atoms with Crippen molar-refractivity contribution in [2.24, 2.45) is 10.4 Å². The molecule has 0 heterocycles. The van der Waals surface area contributed by atoms with E-state index in [0.717, 1.165) is 11.5 Å². The van der Waals surface area contributed by atoms with Crippen molar-refractivity contribution in [2.75, 3.05) is 27.7 Å². The van der Waals surface area contributed by atoms with Gasteiger partial charge in [0.25, 0.3) is 0 Å². The molecule has 23 heavy (non-hydrogen) atoms. The molecule has 0 amide bonds. The molecule has 1 unspecified atom stereocenters. The zero-order valence-electron chi connectivity index (χ0n) is 14.9. The molecule has 0 aromatic heterocycles. The molecule has 1 rings (SSSR count). The lowest BCUT2D eigenvalue weighted by Crippen LogP contribution is -2.45. The third-order valence-corrected chi connectivity index (χ3v) is 3.60. The van der Waals surface area contributed by atoms with Crippen LogP contribution >= 0.6 is 24.0 Å². The molecule has 0 saturated carbocycles. The van der Waals surface area contributed by atoms with Crippen LogP contribution in [-0.2, 0) is 11.3 Å². The number of rotatable bonds is 5. The van der Waals surface area contributed by atoms with Gasteiger partial charge in [-0.15, -0.1) is 24.0 Å². The van der Waals surface area contributed by atoms with E-state index in [9.17, 15) is 4.39 Å². The largest absolute Gasteiger partial charge is 0.379 e. The van der Waals surface area contributed by atoms with E-state index < -0.39 is 0 Å². The first-order chi connectivity index (χ1) is 10.3. The summed E-state index contributed by atoms with van der Waals surface area (Å²) in [6.45, 7) is 7.78. The Labute approximate surface area is 156 Å². The Hall–Kier alpha value is -0.890. The molecule has 0 aliphatic rings. The van der Waals surface area contributed by atoms with Crippen LogP contribution < -0.4 is 5.32 Å². The van der Waals surface area contributed by atoms with Crippen molar-refractivity contribution in [2.45, 2.75) is 33.4 Å². The van der Waals surface area contributed by atoms with E-state index >= 15 is 0 Å². The van der Waals surface area contributed by atoms with E-state index in [1.54, 1.807) is 26.3 Å². The Bertz CT molecular complexity index is 486. The maximum Gasteiger partial charge on any atom is 0.193 e. The molecule has 1 atom stereocenters. The first kappa shape index (κ1) is 22.1. The van der Waals surface area contributed by atoms with Crippen LogP contribution in [0.1, 0.15) is 26.3 Å². The molecule has 1 aromatic rings. The van der Waals surface area contributed by atoms with Gasteiger partial charge in [-0.05, 0) is 23.1 Å². The minimum atomic E-state index is -0.220. The minimum Gasteiger partial charge on any atom is -0.379 e. The number of halogens is 2. The van der Waals surface area contributed by atoms with Gasteiger partial charge in [0.2, 0.25) is 0 Å². The topological polar surface area (TPSA) is 36.9 Å². The Kier molecular flexibility index (Phi) is 9.68. The molecule has 0 radical (unpaired) electrons. The van der Waals surface area contributed by atoms with Crippen LogP contribution in [0.3, 0.4) is 0 Å².